The minimum absolute atomic E-state index is 0.0919. The summed E-state index contributed by atoms with van der Waals surface area (Å²) in [6.07, 6.45) is 4.81. The minimum Gasteiger partial charge on any atom is -0.480 e. The predicted molar refractivity (Wildman–Crippen MR) is 151 cm³/mol. The van der Waals surface area contributed by atoms with Gasteiger partial charge in [0.15, 0.2) is 5.78 Å². The Morgan fingerprint density at radius 3 is 1.95 bits per heavy atom. The van der Waals surface area contributed by atoms with Crippen LogP contribution in [0.25, 0.3) is 0 Å². The number of carbonyl (C=O) groups excluding carboxylic acids is 3. The number of Topliss-reactive ketones (excluding diaryl/α,β-unsaturated/α-hetero) is 2. The van der Waals surface area contributed by atoms with Crippen LogP contribution in [-0.2, 0) is 14.4 Å². The van der Waals surface area contributed by atoms with Crippen molar-refractivity contribution in [3.63, 3.8) is 0 Å². The summed E-state index contributed by atoms with van der Waals surface area (Å²) in [6.45, 7) is 4.76. The van der Waals surface area contributed by atoms with Crippen molar-refractivity contribution in [2.75, 3.05) is 6.54 Å². The molecule has 0 spiro atoms. The third kappa shape index (κ3) is 15.6. The molecule has 232 valence electrons. The number of hydrogen-bond acceptors (Lipinski definition) is 5. The van der Waals surface area contributed by atoms with Gasteiger partial charge in [0, 0.05) is 6.92 Å². The average Bonchev–Trinajstić information content (AvgIpc) is 3.65. The normalized spacial score (nSPS) is 19.7. The van der Waals surface area contributed by atoms with Crippen molar-refractivity contribution in [3.8, 4) is 0 Å². The van der Waals surface area contributed by atoms with Gasteiger partial charge in [-0.2, -0.15) is 13.2 Å². The number of carboxylic acids is 1. The van der Waals surface area contributed by atoms with E-state index in [1.807, 2.05) is 0 Å². The Bertz CT molecular complexity index is 952. The number of alkyl halides is 3. The van der Waals surface area contributed by atoms with Gasteiger partial charge in [0.25, 0.3) is 0 Å². The summed E-state index contributed by atoms with van der Waals surface area (Å²) in [4.78, 5) is 44.5. The maximum atomic E-state index is 12.1. The number of unbranched alkanes of at least 4 members (excludes halogenated alkanes) is 1. The van der Waals surface area contributed by atoms with Crippen molar-refractivity contribution < 1.29 is 37.5 Å². The van der Waals surface area contributed by atoms with Crippen molar-refractivity contribution in [3.05, 3.63) is 35.9 Å². The van der Waals surface area contributed by atoms with Crippen molar-refractivity contribution in [2.45, 2.75) is 109 Å². The van der Waals surface area contributed by atoms with E-state index in [9.17, 15) is 37.5 Å². The lowest BCUT2D eigenvalue weighted by Gasteiger charge is -2.26. The highest BCUT2D eigenvalue weighted by atomic mass is 19.4. The molecule has 0 bridgehead atoms. The van der Waals surface area contributed by atoms with Crippen LogP contribution in [0.3, 0.4) is 0 Å². The first-order valence-electron chi connectivity index (χ1n) is 14.4. The van der Waals surface area contributed by atoms with E-state index >= 15 is 0 Å². The van der Waals surface area contributed by atoms with Crippen LogP contribution in [0.15, 0.2) is 30.3 Å². The molecule has 0 heterocycles. The largest absolute Gasteiger partial charge is 0.480 e. The Morgan fingerprint density at radius 2 is 1.51 bits per heavy atom. The number of hydrogen-bond donors (Lipinski definition) is 4. The number of nitrogens with one attached hydrogen (secondary N) is 2. The van der Waals surface area contributed by atoms with Gasteiger partial charge in [0.05, 0.1) is 6.04 Å². The molecule has 2 fully saturated rings. The summed E-state index contributed by atoms with van der Waals surface area (Å²) in [7, 11) is 0. The molecular weight excluding hydrogens is 539 g/mol. The van der Waals surface area contributed by atoms with E-state index in [0.717, 1.165) is 24.7 Å². The van der Waals surface area contributed by atoms with Crippen molar-refractivity contribution in [2.24, 2.45) is 17.6 Å². The Kier molecular flexibility index (Phi) is 16.3. The highest BCUT2D eigenvalue weighted by molar-refractivity contribution is 5.88. The monoisotopic (exact) mass is 585 g/mol. The Morgan fingerprint density at radius 1 is 0.976 bits per heavy atom. The maximum Gasteiger partial charge on any atom is 0.449 e. The van der Waals surface area contributed by atoms with Crippen LogP contribution < -0.4 is 16.4 Å². The molecule has 1 aromatic carbocycles. The number of amides is 2. The van der Waals surface area contributed by atoms with Crippen molar-refractivity contribution in [1.29, 1.82) is 0 Å². The Balaban J connectivity index is 0.000000398. The fourth-order valence-electron chi connectivity index (χ4n) is 4.68. The summed E-state index contributed by atoms with van der Waals surface area (Å²) in [5, 5.41) is 14.3. The standard InChI is InChI=1S/C17H31N3O4.C10H12.C3H3F3O/c1-12(21)15(11-13-7-3-2-4-8-13)20-17(24)19-14(16(22)23)9-5-6-10-18;1-8-7-10(8)9-5-3-2-4-6-9;1-2(7)3(4,5)6/h13-15H,2-11,18H2,1H3,(H,22,23)(H2,19,20,24);2-6,8,10H,7H2,1H3;1H3/t14-,15+;;/m0../s1. The van der Waals surface area contributed by atoms with E-state index in [1.54, 1.807) is 0 Å². The van der Waals surface area contributed by atoms with Crippen molar-refractivity contribution >= 4 is 23.6 Å². The lowest BCUT2D eigenvalue weighted by atomic mass is 9.84. The number of ketones is 2. The second kappa shape index (κ2) is 18.5. The highest BCUT2D eigenvalue weighted by Crippen LogP contribution is 2.46. The van der Waals surface area contributed by atoms with Gasteiger partial charge in [0.1, 0.15) is 6.04 Å². The third-order valence-electron chi connectivity index (χ3n) is 7.38. The Hall–Kier alpha value is -2.95. The summed E-state index contributed by atoms with van der Waals surface area (Å²) >= 11 is 0. The number of nitrogens with two attached hydrogens (primary N) is 1. The van der Waals surface area contributed by atoms with Crippen LogP contribution in [0, 0.1) is 11.8 Å². The molecule has 1 aromatic rings. The smallest absolute Gasteiger partial charge is 0.449 e. The quantitative estimate of drug-likeness (QED) is 0.244. The summed E-state index contributed by atoms with van der Waals surface area (Å²) < 4.78 is 32.5. The molecular formula is C30H46F3N3O5. The van der Waals surface area contributed by atoms with E-state index in [4.69, 9.17) is 5.73 Å². The molecule has 2 amide bonds. The van der Waals surface area contributed by atoms with Gasteiger partial charge in [-0.1, -0.05) is 69.4 Å². The first kappa shape index (κ1) is 36.1. The molecule has 0 aliphatic heterocycles. The molecule has 8 nitrogen and oxygen atoms in total. The van der Waals surface area contributed by atoms with Crippen LogP contribution >= 0.6 is 0 Å². The number of urea groups is 1. The van der Waals surface area contributed by atoms with Gasteiger partial charge >= 0.3 is 18.2 Å². The predicted octanol–water partition coefficient (Wildman–Crippen LogP) is 5.74. The Labute approximate surface area is 241 Å². The molecule has 3 rings (SSSR count). The zero-order chi connectivity index (χ0) is 31.0. The maximum absolute atomic E-state index is 12.1. The SMILES string of the molecule is CC(=O)C(F)(F)F.CC(=O)[C@@H](CC1CCCCC1)NC(=O)N[C@@H](CCCCN)C(=O)O.CC1CC1c1ccccc1. The number of carboxylic acid groups (broad SMARTS) is 1. The molecule has 2 unspecified atom stereocenters. The van der Waals surface area contributed by atoms with Gasteiger partial charge < -0.3 is 21.5 Å². The zero-order valence-corrected chi connectivity index (χ0v) is 24.3. The molecule has 2 aliphatic rings. The van der Waals surface area contributed by atoms with Crippen LogP contribution in [-0.4, -0.2) is 53.5 Å². The fourth-order valence-corrected chi connectivity index (χ4v) is 4.68. The molecule has 0 aromatic heterocycles. The van der Waals surface area contributed by atoms with E-state index < -0.39 is 36.0 Å². The number of halogens is 3. The van der Waals surface area contributed by atoms with Crippen LogP contribution in [0.2, 0.25) is 0 Å². The average molecular weight is 586 g/mol. The first-order chi connectivity index (χ1) is 19.3. The number of rotatable bonds is 11. The van der Waals surface area contributed by atoms with Crippen LogP contribution in [0.1, 0.15) is 96.5 Å². The lowest BCUT2D eigenvalue weighted by molar-refractivity contribution is -0.168. The molecule has 2 saturated carbocycles. The zero-order valence-electron chi connectivity index (χ0n) is 24.3. The molecule has 41 heavy (non-hydrogen) atoms. The van der Waals surface area contributed by atoms with Crippen LogP contribution in [0.4, 0.5) is 18.0 Å². The van der Waals surface area contributed by atoms with Gasteiger partial charge in [-0.3, -0.25) is 9.59 Å². The molecule has 11 heteroatoms. The number of benzene rings is 1. The summed E-state index contributed by atoms with van der Waals surface area (Å²) in [6, 6.07) is 8.69. The van der Waals surface area contributed by atoms with Gasteiger partial charge in [-0.15, -0.1) is 0 Å². The third-order valence-corrected chi connectivity index (χ3v) is 7.38. The second-order valence-corrected chi connectivity index (χ2v) is 11.0. The minimum atomic E-state index is -4.64. The molecule has 4 atom stereocenters. The molecule has 0 radical (unpaired) electrons. The second-order valence-electron chi connectivity index (χ2n) is 11.0. The number of carbonyl (C=O) groups is 4. The van der Waals surface area contributed by atoms with E-state index in [1.165, 1.54) is 38.2 Å². The van der Waals surface area contributed by atoms with Gasteiger partial charge in [0.2, 0.25) is 5.78 Å². The highest BCUT2D eigenvalue weighted by Gasteiger charge is 2.34. The van der Waals surface area contributed by atoms with Gasteiger partial charge in [-0.25, -0.2) is 9.59 Å². The van der Waals surface area contributed by atoms with E-state index in [0.29, 0.717) is 45.1 Å². The number of aliphatic carboxylic acids is 1. The topological polar surface area (TPSA) is 139 Å². The molecule has 2 aliphatic carbocycles. The molecule has 5 N–H and O–H groups in total. The van der Waals surface area contributed by atoms with E-state index in [-0.39, 0.29) is 5.78 Å². The van der Waals surface area contributed by atoms with E-state index in [2.05, 4.69) is 47.9 Å². The van der Waals surface area contributed by atoms with Crippen molar-refractivity contribution in [1.82, 2.24) is 10.6 Å². The van der Waals surface area contributed by atoms with Crippen LogP contribution in [0.5, 0.6) is 0 Å². The summed E-state index contributed by atoms with van der Waals surface area (Å²) in [5.41, 5.74) is 6.92. The molecule has 0 saturated heterocycles. The summed E-state index contributed by atoms with van der Waals surface area (Å²) in [5.74, 6) is -0.663. The lowest BCUT2D eigenvalue weighted by Crippen LogP contribution is -2.51. The van der Waals surface area contributed by atoms with Gasteiger partial charge in [-0.05, 0) is 68.9 Å². The first-order valence-corrected chi connectivity index (χ1v) is 14.4. The fraction of sp³-hybridized carbons (Fsp3) is 0.667.